The number of cyclic esters (lactones) is 1. The molecule has 1 aromatic carbocycles. The van der Waals surface area contributed by atoms with Crippen molar-refractivity contribution in [3.05, 3.63) is 66.0 Å². The number of likely N-dealkylation sites (tertiary alicyclic amines) is 1. The molecule has 0 saturated carbocycles. The van der Waals surface area contributed by atoms with E-state index in [0.29, 0.717) is 45.4 Å². The third kappa shape index (κ3) is 10.3. The van der Waals surface area contributed by atoms with Crippen LogP contribution < -0.4 is 10.7 Å². The molecule has 2 fully saturated rings. The Kier molecular flexibility index (Phi) is 14.8. The Bertz CT molecular complexity index is 2230. The van der Waals surface area contributed by atoms with Crippen molar-refractivity contribution in [3.8, 4) is 11.3 Å². The molecule has 3 aliphatic heterocycles. The highest BCUT2D eigenvalue weighted by molar-refractivity contribution is 5.95. The smallest absolute Gasteiger partial charge is 0.324 e. The maximum atomic E-state index is 14.5. The maximum Gasteiger partial charge on any atom is 0.324 e. The van der Waals surface area contributed by atoms with Crippen LogP contribution in [0.4, 0.5) is 0 Å². The fourth-order valence-electron chi connectivity index (χ4n) is 9.27. The monoisotopic (exact) mass is 868 g/mol. The summed E-state index contributed by atoms with van der Waals surface area (Å²) < 4.78 is 13.9. The molecule has 2 N–H and O–H groups in total. The average Bonchev–Trinajstić information content (AvgIpc) is 3.87. The minimum atomic E-state index is -1.24. The molecule has 0 unspecified atom stereocenters. The van der Waals surface area contributed by atoms with Gasteiger partial charge in [-0.05, 0) is 80.0 Å². The third-order valence-corrected chi connectivity index (χ3v) is 12.5. The van der Waals surface area contributed by atoms with Gasteiger partial charge in [-0.25, -0.2) is 5.43 Å². The number of aromatic nitrogens is 2. The summed E-state index contributed by atoms with van der Waals surface area (Å²) in [7, 11) is 4.80. The molecule has 5 amide bonds. The van der Waals surface area contributed by atoms with Crippen molar-refractivity contribution in [2.24, 2.45) is 17.3 Å². The second-order valence-electron chi connectivity index (χ2n) is 18.2. The van der Waals surface area contributed by atoms with E-state index in [9.17, 15) is 28.8 Å². The van der Waals surface area contributed by atoms with Gasteiger partial charge in [0, 0.05) is 82.0 Å². The molecule has 63 heavy (non-hydrogen) atoms. The first kappa shape index (κ1) is 46.9. The lowest BCUT2D eigenvalue weighted by Gasteiger charge is -2.37. The van der Waals surface area contributed by atoms with Crippen LogP contribution in [0.15, 0.2) is 49.2 Å². The molecule has 5 heterocycles. The number of esters is 1. The number of nitrogens with zero attached hydrogens (tertiary/aromatic N) is 6. The summed E-state index contributed by atoms with van der Waals surface area (Å²) in [4.78, 5) is 91.9. The lowest BCUT2D eigenvalue weighted by molar-refractivity contribution is -0.155. The van der Waals surface area contributed by atoms with Crippen molar-refractivity contribution < 1.29 is 38.2 Å². The number of pyridine rings is 1. The van der Waals surface area contributed by atoms with Crippen molar-refractivity contribution in [3.63, 3.8) is 0 Å². The second-order valence-corrected chi connectivity index (χ2v) is 18.2. The van der Waals surface area contributed by atoms with Crippen LogP contribution in [0, 0.1) is 17.3 Å². The Morgan fingerprint density at radius 1 is 1.13 bits per heavy atom. The first-order chi connectivity index (χ1) is 30.0. The normalized spacial score (nSPS) is 21.6. The first-order valence-corrected chi connectivity index (χ1v) is 22.0. The number of fused-ring (bicyclic) bond motifs is 3. The molecule has 16 nitrogen and oxygen atoms in total. The Balaban J connectivity index is 1.35. The van der Waals surface area contributed by atoms with E-state index in [1.807, 2.05) is 44.2 Å². The summed E-state index contributed by atoms with van der Waals surface area (Å²) >= 11 is 0. The van der Waals surface area contributed by atoms with Gasteiger partial charge in [0.25, 0.3) is 5.91 Å². The summed E-state index contributed by atoms with van der Waals surface area (Å²) in [5.74, 6) is -3.26. The molecular weight excluding hydrogens is 805 g/mol. The van der Waals surface area contributed by atoms with E-state index in [-0.39, 0.29) is 56.3 Å². The van der Waals surface area contributed by atoms with Crippen molar-refractivity contribution in [1.82, 2.24) is 40.0 Å². The van der Waals surface area contributed by atoms with E-state index in [4.69, 9.17) is 9.47 Å². The van der Waals surface area contributed by atoms with Crippen LogP contribution in [0.3, 0.4) is 0 Å². The predicted octanol–water partition coefficient (Wildman–Crippen LogP) is 3.49. The Hall–Kier alpha value is -5.61. The number of hydrogen-bond acceptors (Lipinski definition) is 10. The van der Waals surface area contributed by atoms with Gasteiger partial charge < -0.3 is 34.1 Å². The zero-order valence-electron chi connectivity index (χ0n) is 38.1. The Morgan fingerprint density at radius 2 is 1.89 bits per heavy atom. The largest absolute Gasteiger partial charge is 0.464 e. The number of hydrazine groups is 1. The topological polar surface area (TPSA) is 176 Å². The van der Waals surface area contributed by atoms with Crippen molar-refractivity contribution >= 4 is 46.4 Å². The number of nitrogens with one attached hydrogen (secondary N) is 2. The van der Waals surface area contributed by atoms with Gasteiger partial charge >= 0.3 is 5.97 Å². The van der Waals surface area contributed by atoms with E-state index in [0.717, 1.165) is 39.0 Å². The maximum absolute atomic E-state index is 14.5. The van der Waals surface area contributed by atoms with E-state index >= 15 is 0 Å². The van der Waals surface area contributed by atoms with Gasteiger partial charge in [0.1, 0.15) is 18.1 Å². The van der Waals surface area contributed by atoms with Gasteiger partial charge in [0.2, 0.25) is 23.6 Å². The lowest BCUT2D eigenvalue weighted by atomic mass is 9.84. The average molecular weight is 869 g/mol. The number of benzene rings is 1. The summed E-state index contributed by atoms with van der Waals surface area (Å²) in [6.45, 7) is 15.2. The zero-order chi connectivity index (χ0) is 45.7. The lowest BCUT2D eigenvalue weighted by Crippen LogP contribution is -2.63. The van der Waals surface area contributed by atoms with E-state index in [1.165, 1.54) is 20.9 Å². The van der Waals surface area contributed by atoms with Gasteiger partial charge in [0.05, 0.1) is 36.9 Å². The van der Waals surface area contributed by atoms with E-state index < -0.39 is 47.2 Å². The van der Waals surface area contributed by atoms with Crippen LogP contribution in [0.2, 0.25) is 0 Å². The number of carbonyl (C=O) groups is 6. The number of rotatable bonds is 10. The van der Waals surface area contributed by atoms with Crippen LogP contribution >= 0.6 is 0 Å². The van der Waals surface area contributed by atoms with Gasteiger partial charge in [-0.15, -0.1) is 0 Å². The highest BCUT2D eigenvalue weighted by Crippen LogP contribution is 2.40. The molecule has 0 radical (unpaired) electrons. The van der Waals surface area contributed by atoms with Crippen LogP contribution in [-0.2, 0) is 64.2 Å². The molecule has 4 atom stereocenters. The molecule has 3 aromatic rings. The molecular formula is C47H64N8O8. The van der Waals surface area contributed by atoms with E-state index in [1.54, 1.807) is 32.3 Å². The molecule has 16 heteroatoms. The minimum absolute atomic E-state index is 0.0266. The fraction of sp³-hybridized carbons (Fsp3) is 0.553. The predicted molar refractivity (Wildman–Crippen MR) is 237 cm³/mol. The Labute approximate surface area is 370 Å². The standard InChI is InChI=1S/C47H64N8O8/c1-10-39(56)53-21-18-31(25-53)44(59)52(8)41(29(3)4)43(58)49-36-26-51(7)40(57)23-30-16-17-38-33(22-30)34(42(54(38)11-2)32-14-12-19-48-37(32)27-62-9)24-47(5,6)28-63-46(61)35-15-13-20-55(50-35)45(36)60/h10,12,14,16-17,19,22,29,31,35-36,41,50H,1,11,13,15,18,20-21,23-28H2,2-9H3,(H,49,58)/t31-,35-,36-,41-/m0/s1. The molecule has 0 aliphatic carbocycles. The van der Waals surface area contributed by atoms with Crippen molar-refractivity contribution in [2.45, 2.75) is 98.0 Å². The van der Waals surface area contributed by atoms with E-state index in [2.05, 4.69) is 47.6 Å². The summed E-state index contributed by atoms with van der Waals surface area (Å²) in [5.41, 5.74) is 8.03. The molecule has 0 spiro atoms. The SMILES string of the molecule is C=CC(=O)N1CC[C@H](C(=O)N(C)[C@H](C(=O)N[C@H]2CN(C)C(=O)Cc3ccc4c(c3)c(c(-c3cccnc3COC)n4CC)CC(C)(C)COC(=O)[C@@H]3CCCN(N3)C2=O)C(C)C)C1. The number of hydrogen-bond donors (Lipinski definition) is 2. The molecule has 2 saturated heterocycles. The minimum Gasteiger partial charge on any atom is -0.464 e. The zero-order valence-corrected chi connectivity index (χ0v) is 38.1. The summed E-state index contributed by atoms with van der Waals surface area (Å²) in [6, 6.07) is 6.94. The molecule has 340 valence electrons. The van der Waals surface area contributed by atoms with Crippen LogP contribution in [0.1, 0.15) is 70.7 Å². The first-order valence-electron chi connectivity index (χ1n) is 22.0. The van der Waals surface area contributed by atoms with Crippen LogP contribution in [0.25, 0.3) is 22.2 Å². The number of methoxy groups -OCH3 is 1. The number of likely N-dealkylation sites (N-methyl/N-ethyl adjacent to an activating group) is 2. The molecule has 4 bridgehead atoms. The molecule has 2 aromatic heterocycles. The summed E-state index contributed by atoms with van der Waals surface area (Å²) in [6.07, 6.45) is 4.90. The van der Waals surface area contributed by atoms with Crippen LogP contribution in [-0.4, -0.2) is 137 Å². The van der Waals surface area contributed by atoms with Crippen molar-refractivity contribution in [1.29, 1.82) is 0 Å². The highest BCUT2D eigenvalue weighted by atomic mass is 16.5. The van der Waals surface area contributed by atoms with Crippen LogP contribution in [0.5, 0.6) is 0 Å². The second kappa shape index (κ2) is 19.8. The van der Waals surface area contributed by atoms with Gasteiger partial charge in [-0.2, -0.15) is 0 Å². The third-order valence-electron chi connectivity index (χ3n) is 12.5. The number of amides is 5. The number of aryl methyl sites for hydroxylation is 1. The van der Waals surface area contributed by atoms with Gasteiger partial charge in [-0.3, -0.25) is 38.8 Å². The number of carbonyl (C=O) groups excluding carboxylic acids is 6. The quantitative estimate of drug-likeness (QED) is 0.227. The highest BCUT2D eigenvalue weighted by Gasteiger charge is 2.40. The molecule has 3 aliphatic rings. The summed E-state index contributed by atoms with van der Waals surface area (Å²) in [5, 5.41) is 5.21. The van der Waals surface area contributed by atoms with Gasteiger partial charge in [-0.1, -0.05) is 40.3 Å². The number of ether oxygens (including phenoxy) is 2. The van der Waals surface area contributed by atoms with Crippen molar-refractivity contribution in [2.75, 3.05) is 54.0 Å². The fourth-order valence-corrected chi connectivity index (χ4v) is 9.27. The Morgan fingerprint density at radius 3 is 2.59 bits per heavy atom. The molecule has 6 rings (SSSR count). The van der Waals surface area contributed by atoms with Gasteiger partial charge in [0.15, 0.2) is 0 Å².